The third-order valence-electron chi connectivity index (χ3n) is 4.30. The van der Waals surface area contributed by atoms with Gasteiger partial charge < -0.3 is 9.84 Å². The van der Waals surface area contributed by atoms with Gasteiger partial charge in [0.25, 0.3) is 0 Å². The van der Waals surface area contributed by atoms with E-state index in [0.717, 1.165) is 24.3 Å². The van der Waals surface area contributed by atoms with Gasteiger partial charge in [-0.05, 0) is 31.5 Å². The van der Waals surface area contributed by atoms with Crippen molar-refractivity contribution >= 4 is 5.97 Å². The van der Waals surface area contributed by atoms with Crippen LogP contribution in [0.15, 0.2) is 30.6 Å². The molecular weight excluding hydrogens is 339 g/mol. The first-order valence-electron chi connectivity index (χ1n) is 7.35. The van der Waals surface area contributed by atoms with Crippen LogP contribution in [0.25, 0.3) is 0 Å². The van der Waals surface area contributed by atoms with Gasteiger partial charge in [0.2, 0.25) is 0 Å². The fraction of sp³-hybridized carbons (Fsp3) is 0.438. The Bertz CT molecular complexity index is 727. The first-order valence-corrected chi connectivity index (χ1v) is 7.35. The van der Waals surface area contributed by atoms with Crippen LogP contribution in [-0.4, -0.2) is 33.4 Å². The van der Waals surface area contributed by atoms with E-state index in [2.05, 4.69) is 15.2 Å². The molecule has 0 radical (unpaired) electrons. The number of rotatable bonds is 5. The highest BCUT2D eigenvalue weighted by Crippen LogP contribution is 2.43. The van der Waals surface area contributed by atoms with E-state index in [-0.39, 0.29) is 17.8 Å². The number of halogens is 3. The molecule has 1 aromatic heterocycles. The molecule has 9 heteroatoms. The number of carbonyl (C=O) groups excluding carboxylic acids is 1. The minimum atomic E-state index is -4.50. The Hall–Kier alpha value is -2.42. The number of aliphatic hydroxyl groups is 1. The third kappa shape index (κ3) is 3.51. The molecule has 2 aromatic rings. The summed E-state index contributed by atoms with van der Waals surface area (Å²) in [6.07, 6.45) is -3.39. The van der Waals surface area contributed by atoms with Gasteiger partial charge in [-0.25, -0.2) is 4.98 Å². The Morgan fingerprint density at radius 3 is 2.20 bits per heavy atom. The lowest BCUT2D eigenvalue weighted by Gasteiger charge is -2.40. The Balaban J connectivity index is 2.53. The fourth-order valence-electron chi connectivity index (χ4n) is 2.59. The Labute approximate surface area is 142 Å². The predicted molar refractivity (Wildman–Crippen MR) is 81.2 cm³/mol. The lowest BCUT2D eigenvalue weighted by Crippen LogP contribution is -2.49. The highest BCUT2D eigenvalue weighted by atomic mass is 19.4. The van der Waals surface area contributed by atoms with Gasteiger partial charge in [-0.1, -0.05) is 12.1 Å². The largest absolute Gasteiger partial charge is 0.469 e. The Morgan fingerprint density at radius 1 is 1.20 bits per heavy atom. The Kier molecular flexibility index (Phi) is 4.90. The number of benzene rings is 1. The maximum atomic E-state index is 12.8. The minimum Gasteiger partial charge on any atom is -0.469 e. The first-order chi connectivity index (χ1) is 11.5. The van der Waals surface area contributed by atoms with Crippen LogP contribution in [0.1, 0.15) is 30.8 Å². The second kappa shape index (κ2) is 6.47. The van der Waals surface area contributed by atoms with Crippen LogP contribution in [0, 0.1) is 5.41 Å². The molecule has 0 aliphatic heterocycles. The van der Waals surface area contributed by atoms with Crippen molar-refractivity contribution in [3.05, 3.63) is 47.5 Å². The number of ether oxygens (including phenoxy) is 1. The topological polar surface area (TPSA) is 88.1 Å². The predicted octanol–water partition coefficient (Wildman–Crippen LogP) is 2.45. The summed E-state index contributed by atoms with van der Waals surface area (Å²) in [7, 11) is 1.17. The number of aromatic nitrogens is 3. The van der Waals surface area contributed by atoms with Crippen molar-refractivity contribution in [3.8, 4) is 0 Å². The van der Waals surface area contributed by atoms with E-state index in [0.29, 0.717) is 0 Å². The van der Waals surface area contributed by atoms with Crippen LogP contribution in [-0.2, 0) is 27.7 Å². The second-order valence-electron chi connectivity index (χ2n) is 6.14. The summed E-state index contributed by atoms with van der Waals surface area (Å²) in [4.78, 5) is 16.1. The quantitative estimate of drug-likeness (QED) is 0.803. The van der Waals surface area contributed by atoms with Crippen molar-refractivity contribution in [2.24, 2.45) is 5.41 Å². The molecular formula is C16H18F3N3O3. The van der Waals surface area contributed by atoms with E-state index in [4.69, 9.17) is 4.74 Å². The molecule has 2 N–H and O–H groups in total. The number of alkyl halides is 3. The maximum Gasteiger partial charge on any atom is 0.416 e. The summed E-state index contributed by atoms with van der Waals surface area (Å²) >= 11 is 0. The number of hydrogen-bond donors (Lipinski definition) is 2. The zero-order chi connectivity index (χ0) is 18.9. The number of nitrogens with zero attached hydrogens (tertiary/aromatic N) is 2. The molecule has 0 saturated carbocycles. The van der Waals surface area contributed by atoms with E-state index in [9.17, 15) is 23.1 Å². The van der Waals surface area contributed by atoms with Gasteiger partial charge >= 0.3 is 12.1 Å². The highest BCUT2D eigenvalue weighted by molar-refractivity contribution is 5.78. The standard InChI is InChI=1S/C16H18F3N3O3/c1-14(2,13(23)25-3)15(24,8-12-20-9-21-22-12)10-4-6-11(7-5-10)16(17,18)19/h4-7,9,24H,8H2,1-3H3,(H,20,21,22). The third-order valence-corrected chi connectivity index (χ3v) is 4.30. The lowest BCUT2D eigenvalue weighted by molar-refractivity contribution is -0.170. The zero-order valence-electron chi connectivity index (χ0n) is 13.9. The molecule has 25 heavy (non-hydrogen) atoms. The van der Waals surface area contributed by atoms with Gasteiger partial charge in [-0.3, -0.25) is 9.89 Å². The molecule has 0 bridgehead atoms. The zero-order valence-corrected chi connectivity index (χ0v) is 13.9. The molecule has 0 amide bonds. The summed E-state index contributed by atoms with van der Waals surface area (Å²) in [6, 6.07) is 3.98. The van der Waals surface area contributed by atoms with E-state index < -0.39 is 28.7 Å². The molecule has 6 nitrogen and oxygen atoms in total. The summed E-state index contributed by atoms with van der Waals surface area (Å²) < 4.78 is 43.1. The number of esters is 1. The number of methoxy groups -OCH3 is 1. The molecule has 0 aliphatic rings. The first kappa shape index (κ1) is 18.9. The van der Waals surface area contributed by atoms with E-state index in [1.54, 1.807) is 0 Å². The van der Waals surface area contributed by atoms with E-state index >= 15 is 0 Å². The number of hydrogen-bond acceptors (Lipinski definition) is 5. The average molecular weight is 357 g/mol. The van der Waals surface area contributed by atoms with Crippen LogP contribution in [0.2, 0.25) is 0 Å². The summed E-state index contributed by atoms with van der Waals surface area (Å²) in [5, 5.41) is 17.6. The monoisotopic (exact) mass is 357 g/mol. The van der Waals surface area contributed by atoms with Crippen LogP contribution in [0.4, 0.5) is 13.2 Å². The second-order valence-corrected chi connectivity index (χ2v) is 6.14. The van der Waals surface area contributed by atoms with Gasteiger partial charge in [0.15, 0.2) is 5.82 Å². The number of H-pyrrole nitrogens is 1. The molecule has 1 atom stereocenters. The lowest BCUT2D eigenvalue weighted by atomic mass is 9.68. The molecule has 1 unspecified atom stereocenters. The SMILES string of the molecule is COC(=O)C(C)(C)C(O)(Cc1nc[nH]n1)c1ccc(C(F)(F)F)cc1. The van der Waals surface area contributed by atoms with Crippen molar-refractivity contribution in [2.75, 3.05) is 7.11 Å². The summed E-state index contributed by atoms with van der Waals surface area (Å²) in [6.45, 7) is 2.90. The van der Waals surface area contributed by atoms with Crippen molar-refractivity contribution < 1.29 is 27.8 Å². The Morgan fingerprint density at radius 2 is 1.76 bits per heavy atom. The van der Waals surface area contributed by atoms with Gasteiger partial charge in [-0.15, -0.1) is 0 Å². The molecule has 0 aliphatic carbocycles. The van der Waals surface area contributed by atoms with Crippen molar-refractivity contribution in [1.82, 2.24) is 15.2 Å². The van der Waals surface area contributed by atoms with Crippen LogP contribution in [0.5, 0.6) is 0 Å². The average Bonchev–Trinajstić information content (AvgIpc) is 3.05. The molecule has 0 fully saturated rings. The molecule has 1 aromatic carbocycles. The van der Waals surface area contributed by atoms with Gasteiger partial charge in [0.05, 0.1) is 18.1 Å². The molecule has 1 heterocycles. The molecule has 0 spiro atoms. The van der Waals surface area contributed by atoms with E-state index in [1.165, 1.54) is 27.3 Å². The smallest absolute Gasteiger partial charge is 0.416 e. The summed E-state index contributed by atoms with van der Waals surface area (Å²) in [5.74, 6) is -0.509. The van der Waals surface area contributed by atoms with E-state index in [1.807, 2.05) is 0 Å². The van der Waals surface area contributed by atoms with Gasteiger partial charge in [0.1, 0.15) is 11.9 Å². The normalized spacial score (nSPS) is 14.8. The van der Waals surface area contributed by atoms with Crippen molar-refractivity contribution in [2.45, 2.75) is 32.0 Å². The number of aromatic amines is 1. The molecule has 2 rings (SSSR count). The van der Waals surface area contributed by atoms with Gasteiger partial charge in [0, 0.05) is 6.42 Å². The highest BCUT2D eigenvalue weighted by Gasteiger charge is 2.51. The van der Waals surface area contributed by atoms with Crippen LogP contribution >= 0.6 is 0 Å². The number of nitrogens with one attached hydrogen (secondary N) is 1. The van der Waals surface area contributed by atoms with Crippen molar-refractivity contribution in [1.29, 1.82) is 0 Å². The summed E-state index contributed by atoms with van der Waals surface area (Å²) in [5.41, 5.74) is -4.08. The number of carbonyl (C=O) groups is 1. The van der Waals surface area contributed by atoms with Crippen molar-refractivity contribution in [3.63, 3.8) is 0 Å². The minimum absolute atomic E-state index is 0.126. The van der Waals surface area contributed by atoms with Crippen LogP contribution in [0.3, 0.4) is 0 Å². The van der Waals surface area contributed by atoms with Gasteiger partial charge in [-0.2, -0.15) is 18.3 Å². The van der Waals surface area contributed by atoms with Crippen LogP contribution < -0.4 is 0 Å². The molecule has 136 valence electrons. The maximum absolute atomic E-state index is 12.8. The fourth-order valence-corrected chi connectivity index (χ4v) is 2.59. The molecule has 0 saturated heterocycles.